The fourth-order valence-corrected chi connectivity index (χ4v) is 2.30. The summed E-state index contributed by atoms with van der Waals surface area (Å²) < 4.78 is 1.45. The van der Waals surface area contributed by atoms with Gasteiger partial charge in [0.05, 0.1) is 0 Å². The molecule has 3 N–H and O–H groups in total. The van der Waals surface area contributed by atoms with Gasteiger partial charge in [-0.05, 0) is 25.9 Å². The van der Waals surface area contributed by atoms with Gasteiger partial charge < -0.3 is 16.0 Å². The van der Waals surface area contributed by atoms with Crippen molar-refractivity contribution in [1.29, 1.82) is 0 Å². The van der Waals surface area contributed by atoms with Crippen molar-refractivity contribution in [3.63, 3.8) is 0 Å². The molecule has 2 aromatic heterocycles. The van der Waals surface area contributed by atoms with Crippen LogP contribution in [0.5, 0.6) is 0 Å². The van der Waals surface area contributed by atoms with E-state index in [1.807, 2.05) is 0 Å². The number of nitrogens with two attached hydrogens (primary N) is 1. The van der Waals surface area contributed by atoms with Crippen LogP contribution in [-0.2, 0) is 0 Å². The quantitative estimate of drug-likeness (QED) is 0.761. The fourth-order valence-electron chi connectivity index (χ4n) is 2.30. The smallest absolute Gasteiger partial charge is 0.258 e. The number of rotatable bonds is 4. The van der Waals surface area contributed by atoms with Gasteiger partial charge in [0.1, 0.15) is 12.7 Å². The summed E-state index contributed by atoms with van der Waals surface area (Å²) in [5, 5.41) is 7.20. The average molecular weight is 275 g/mol. The van der Waals surface area contributed by atoms with Crippen molar-refractivity contribution in [2.24, 2.45) is 5.92 Å². The summed E-state index contributed by atoms with van der Waals surface area (Å²) in [6, 6.07) is 0. The van der Waals surface area contributed by atoms with Crippen molar-refractivity contribution in [2.75, 3.05) is 37.7 Å². The molecule has 106 valence electrons. The van der Waals surface area contributed by atoms with Crippen LogP contribution in [0.4, 0.5) is 11.9 Å². The molecule has 1 saturated heterocycles. The van der Waals surface area contributed by atoms with Crippen molar-refractivity contribution in [1.82, 2.24) is 34.6 Å². The van der Waals surface area contributed by atoms with Crippen LogP contribution >= 0.6 is 0 Å². The Morgan fingerprint density at radius 3 is 3.00 bits per heavy atom. The summed E-state index contributed by atoms with van der Waals surface area (Å²) in [4.78, 5) is 18.6. The Kier molecular flexibility index (Phi) is 3.42. The molecule has 0 aromatic carbocycles. The van der Waals surface area contributed by atoms with Crippen molar-refractivity contribution in [2.45, 2.75) is 6.42 Å². The zero-order valence-corrected chi connectivity index (χ0v) is 11.3. The lowest BCUT2D eigenvalue weighted by Gasteiger charge is -2.12. The van der Waals surface area contributed by atoms with E-state index in [1.165, 1.54) is 23.8 Å². The lowest BCUT2D eigenvalue weighted by molar-refractivity contribution is 0.399. The number of hydrogen-bond acceptors (Lipinski definition) is 8. The van der Waals surface area contributed by atoms with Gasteiger partial charge in [-0.1, -0.05) is 0 Å². The fraction of sp³-hybridized carbons (Fsp3) is 0.545. The van der Waals surface area contributed by atoms with E-state index < -0.39 is 0 Å². The Bertz CT molecular complexity index is 567. The lowest BCUT2D eigenvalue weighted by atomic mass is 10.1. The van der Waals surface area contributed by atoms with Gasteiger partial charge in [0.25, 0.3) is 5.95 Å². The first-order valence-electron chi connectivity index (χ1n) is 6.49. The topological polar surface area (TPSA) is 111 Å². The highest BCUT2D eigenvalue weighted by Crippen LogP contribution is 2.15. The molecule has 0 saturated carbocycles. The minimum Gasteiger partial charge on any atom is -0.368 e. The molecule has 1 unspecified atom stereocenters. The van der Waals surface area contributed by atoms with Crippen molar-refractivity contribution < 1.29 is 0 Å². The van der Waals surface area contributed by atoms with Gasteiger partial charge in [0.15, 0.2) is 0 Å². The first kappa shape index (κ1) is 12.7. The van der Waals surface area contributed by atoms with Crippen molar-refractivity contribution in [3.8, 4) is 5.95 Å². The van der Waals surface area contributed by atoms with Crippen molar-refractivity contribution >= 4 is 11.9 Å². The number of nitrogens with zero attached hydrogens (tertiary/aromatic N) is 7. The minimum atomic E-state index is 0.163. The zero-order chi connectivity index (χ0) is 13.9. The predicted molar refractivity (Wildman–Crippen MR) is 73.3 cm³/mol. The molecule has 2 aromatic rings. The molecular formula is C11H17N9. The second-order valence-corrected chi connectivity index (χ2v) is 4.96. The van der Waals surface area contributed by atoms with E-state index in [0.717, 1.165) is 19.6 Å². The number of nitrogen functional groups attached to an aromatic ring is 1. The molecule has 0 spiro atoms. The molecule has 20 heavy (non-hydrogen) atoms. The Balaban J connectivity index is 1.70. The molecule has 9 heteroatoms. The molecule has 0 radical (unpaired) electrons. The largest absolute Gasteiger partial charge is 0.368 e. The predicted octanol–water partition coefficient (Wildman–Crippen LogP) is -0.602. The van der Waals surface area contributed by atoms with Gasteiger partial charge in [0.2, 0.25) is 11.9 Å². The van der Waals surface area contributed by atoms with Crippen LogP contribution in [0.25, 0.3) is 5.95 Å². The van der Waals surface area contributed by atoms with E-state index in [4.69, 9.17) is 5.73 Å². The van der Waals surface area contributed by atoms with E-state index in [1.54, 1.807) is 0 Å². The molecule has 3 heterocycles. The van der Waals surface area contributed by atoms with Crippen LogP contribution in [0, 0.1) is 5.92 Å². The van der Waals surface area contributed by atoms with Crippen LogP contribution in [0.1, 0.15) is 6.42 Å². The van der Waals surface area contributed by atoms with Gasteiger partial charge >= 0.3 is 0 Å². The zero-order valence-electron chi connectivity index (χ0n) is 11.3. The third kappa shape index (κ3) is 2.82. The van der Waals surface area contributed by atoms with E-state index in [9.17, 15) is 0 Å². The first-order valence-corrected chi connectivity index (χ1v) is 6.49. The van der Waals surface area contributed by atoms with Crippen LogP contribution < -0.4 is 11.1 Å². The molecule has 1 aliphatic heterocycles. The molecule has 3 rings (SSSR count). The van der Waals surface area contributed by atoms with Gasteiger partial charge in [-0.25, -0.2) is 4.98 Å². The highest BCUT2D eigenvalue weighted by molar-refractivity contribution is 5.34. The molecule has 9 nitrogen and oxygen atoms in total. The average Bonchev–Trinajstić information content (AvgIpc) is 3.07. The van der Waals surface area contributed by atoms with Crippen LogP contribution in [0.2, 0.25) is 0 Å². The van der Waals surface area contributed by atoms with Gasteiger partial charge in [0, 0.05) is 13.1 Å². The highest BCUT2D eigenvalue weighted by atomic mass is 15.4. The van der Waals surface area contributed by atoms with Crippen LogP contribution in [0.15, 0.2) is 12.7 Å². The summed E-state index contributed by atoms with van der Waals surface area (Å²) in [6.07, 6.45) is 4.12. The Hall–Kier alpha value is -2.29. The number of anilines is 2. The molecule has 0 bridgehead atoms. The van der Waals surface area contributed by atoms with Crippen molar-refractivity contribution in [3.05, 3.63) is 12.7 Å². The molecule has 0 amide bonds. The number of likely N-dealkylation sites (tertiary alicyclic amines) is 1. The Labute approximate surface area is 116 Å². The van der Waals surface area contributed by atoms with Crippen LogP contribution in [-0.4, -0.2) is 61.3 Å². The maximum absolute atomic E-state index is 5.70. The second-order valence-electron chi connectivity index (χ2n) is 4.96. The molecule has 1 atom stereocenters. The normalized spacial score (nSPS) is 19.4. The first-order chi connectivity index (χ1) is 9.70. The molecule has 0 aliphatic carbocycles. The number of aromatic nitrogens is 6. The molecule has 1 aliphatic rings. The third-order valence-corrected chi connectivity index (χ3v) is 3.30. The standard InChI is InChI=1S/C11H17N9/c1-19-3-2-8(5-19)4-14-10-16-9(12)17-11(18-10)20-7-13-6-15-20/h6-8H,2-5H2,1H3,(H3,12,14,16,17,18). The summed E-state index contributed by atoms with van der Waals surface area (Å²) >= 11 is 0. The number of hydrogen-bond donors (Lipinski definition) is 2. The second kappa shape index (κ2) is 5.37. The summed E-state index contributed by atoms with van der Waals surface area (Å²) in [7, 11) is 2.13. The maximum Gasteiger partial charge on any atom is 0.258 e. The molecule has 1 fully saturated rings. The van der Waals surface area contributed by atoms with Gasteiger partial charge in [-0.3, -0.25) is 0 Å². The van der Waals surface area contributed by atoms with Gasteiger partial charge in [-0.15, -0.1) is 0 Å². The Morgan fingerprint density at radius 1 is 1.40 bits per heavy atom. The number of nitrogens with one attached hydrogen (secondary N) is 1. The van der Waals surface area contributed by atoms with E-state index in [-0.39, 0.29) is 5.95 Å². The van der Waals surface area contributed by atoms with Crippen LogP contribution in [0.3, 0.4) is 0 Å². The Morgan fingerprint density at radius 2 is 2.30 bits per heavy atom. The summed E-state index contributed by atoms with van der Waals surface area (Å²) in [5.74, 6) is 1.60. The minimum absolute atomic E-state index is 0.163. The summed E-state index contributed by atoms with van der Waals surface area (Å²) in [5.41, 5.74) is 5.70. The SMILES string of the molecule is CN1CCC(CNc2nc(N)nc(-n3cncn3)n2)C1. The highest BCUT2D eigenvalue weighted by Gasteiger charge is 2.19. The van der Waals surface area contributed by atoms with E-state index in [0.29, 0.717) is 17.8 Å². The lowest BCUT2D eigenvalue weighted by Crippen LogP contribution is -2.20. The summed E-state index contributed by atoms with van der Waals surface area (Å²) in [6.45, 7) is 3.05. The van der Waals surface area contributed by atoms with E-state index in [2.05, 4.69) is 42.3 Å². The molecular weight excluding hydrogens is 258 g/mol. The maximum atomic E-state index is 5.70. The van der Waals surface area contributed by atoms with E-state index >= 15 is 0 Å². The monoisotopic (exact) mass is 275 g/mol. The third-order valence-electron chi connectivity index (χ3n) is 3.30. The van der Waals surface area contributed by atoms with Gasteiger partial charge in [-0.2, -0.15) is 24.7 Å².